The lowest BCUT2D eigenvalue weighted by atomic mass is 10.0. The van der Waals surface area contributed by atoms with Crippen molar-refractivity contribution < 1.29 is 4.79 Å². The second-order valence-corrected chi connectivity index (χ2v) is 8.85. The number of carbonyl (C=O) groups is 1. The molecule has 2 aromatic heterocycles. The van der Waals surface area contributed by atoms with Gasteiger partial charge in [0.1, 0.15) is 5.82 Å². The third kappa shape index (κ3) is 5.08. The molecule has 0 unspecified atom stereocenters. The molecule has 0 aliphatic carbocycles. The normalized spacial score (nSPS) is 11.0. The minimum Gasteiger partial charge on any atom is -0.364 e. The Kier molecular flexibility index (Phi) is 6.67. The zero-order chi connectivity index (χ0) is 24.9. The van der Waals surface area contributed by atoms with E-state index in [0.717, 1.165) is 39.1 Å². The lowest BCUT2D eigenvalue weighted by molar-refractivity contribution is 0.0943. The van der Waals surface area contributed by atoms with Gasteiger partial charge in [0.05, 0.1) is 23.1 Å². The van der Waals surface area contributed by atoms with Gasteiger partial charge in [0.2, 0.25) is 0 Å². The van der Waals surface area contributed by atoms with E-state index >= 15 is 0 Å². The van der Waals surface area contributed by atoms with Crippen LogP contribution in [0, 0.1) is 0 Å². The number of hydrogen-bond acceptors (Lipinski definition) is 5. The van der Waals surface area contributed by atoms with Gasteiger partial charge >= 0.3 is 0 Å². The summed E-state index contributed by atoms with van der Waals surface area (Å²) in [6, 6.07) is 29.6. The molecule has 0 aliphatic rings. The molecule has 0 saturated heterocycles. The molecule has 0 fully saturated rings. The van der Waals surface area contributed by atoms with E-state index in [9.17, 15) is 4.79 Å². The van der Waals surface area contributed by atoms with Crippen LogP contribution in [0.5, 0.6) is 0 Å². The standard InChI is InChI=1S/C30H27N5O/c1-20(2)33-30(36)23-13-8-12-22(18-23)28-34-26-16-9-15-25(21-10-4-3-5-11-21)27(26)29(35-28)32-19-24-14-6-7-17-31-24/h3-18,20H,19H2,1-2H3,(H,33,36)(H,32,34,35). The average molecular weight is 474 g/mol. The van der Waals surface area contributed by atoms with E-state index in [4.69, 9.17) is 9.97 Å². The van der Waals surface area contributed by atoms with E-state index in [1.54, 1.807) is 12.3 Å². The second-order valence-electron chi connectivity index (χ2n) is 8.85. The summed E-state index contributed by atoms with van der Waals surface area (Å²) in [6.45, 7) is 4.41. The minimum absolute atomic E-state index is 0.0527. The second kappa shape index (κ2) is 10.4. The number of amides is 1. The summed E-state index contributed by atoms with van der Waals surface area (Å²) in [4.78, 5) is 26.9. The minimum atomic E-state index is -0.118. The highest BCUT2D eigenvalue weighted by atomic mass is 16.1. The topological polar surface area (TPSA) is 79.8 Å². The molecular weight excluding hydrogens is 446 g/mol. The zero-order valence-electron chi connectivity index (χ0n) is 20.3. The Morgan fingerprint density at radius 2 is 1.61 bits per heavy atom. The monoisotopic (exact) mass is 473 g/mol. The summed E-state index contributed by atoms with van der Waals surface area (Å²) in [5, 5.41) is 7.38. The first kappa shape index (κ1) is 23.2. The summed E-state index contributed by atoms with van der Waals surface area (Å²) in [5.41, 5.74) is 5.23. The maximum Gasteiger partial charge on any atom is 0.251 e. The van der Waals surface area contributed by atoms with E-state index in [1.807, 2.05) is 80.6 Å². The number of pyridine rings is 1. The van der Waals surface area contributed by atoms with Crippen LogP contribution in [0.4, 0.5) is 5.82 Å². The number of carbonyl (C=O) groups excluding carboxylic acids is 1. The van der Waals surface area contributed by atoms with Gasteiger partial charge in [-0.05, 0) is 55.3 Å². The molecule has 0 saturated carbocycles. The molecule has 178 valence electrons. The first-order valence-electron chi connectivity index (χ1n) is 12.0. The number of aromatic nitrogens is 3. The predicted octanol–water partition coefficient (Wildman–Crippen LogP) is 6.11. The fraction of sp³-hybridized carbons (Fsp3) is 0.133. The van der Waals surface area contributed by atoms with Gasteiger partial charge in [-0.25, -0.2) is 9.97 Å². The molecule has 0 atom stereocenters. The highest BCUT2D eigenvalue weighted by Crippen LogP contribution is 2.34. The van der Waals surface area contributed by atoms with Crippen LogP contribution in [-0.2, 0) is 6.54 Å². The van der Waals surface area contributed by atoms with Crippen molar-refractivity contribution in [2.24, 2.45) is 0 Å². The number of nitrogens with one attached hydrogen (secondary N) is 2. The summed E-state index contributed by atoms with van der Waals surface area (Å²) in [7, 11) is 0. The number of anilines is 1. The van der Waals surface area contributed by atoms with Crippen molar-refractivity contribution in [3.63, 3.8) is 0 Å². The Hall–Kier alpha value is -4.58. The largest absolute Gasteiger partial charge is 0.364 e. The quantitative estimate of drug-likeness (QED) is 0.298. The van der Waals surface area contributed by atoms with E-state index in [1.165, 1.54) is 0 Å². The third-order valence-electron chi connectivity index (χ3n) is 5.77. The number of fused-ring (bicyclic) bond motifs is 1. The molecule has 5 aromatic rings. The van der Waals surface area contributed by atoms with Gasteiger partial charge < -0.3 is 10.6 Å². The number of hydrogen-bond donors (Lipinski definition) is 2. The molecule has 2 N–H and O–H groups in total. The van der Waals surface area contributed by atoms with Gasteiger partial charge in [0, 0.05) is 23.4 Å². The fourth-order valence-electron chi connectivity index (χ4n) is 4.12. The molecule has 6 heteroatoms. The van der Waals surface area contributed by atoms with Crippen LogP contribution >= 0.6 is 0 Å². The maximum atomic E-state index is 12.6. The van der Waals surface area contributed by atoms with Crippen molar-refractivity contribution in [2.75, 3.05) is 5.32 Å². The van der Waals surface area contributed by atoms with E-state index in [0.29, 0.717) is 17.9 Å². The Morgan fingerprint density at radius 1 is 0.833 bits per heavy atom. The number of nitrogens with zero attached hydrogens (tertiary/aromatic N) is 3. The smallest absolute Gasteiger partial charge is 0.251 e. The first-order valence-corrected chi connectivity index (χ1v) is 12.0. The van der Waals surface area contributed by atoms with E-state index in [2.05, 4.69) is 33.8 Å². The van der Waals surface area contributed by atoms with Crippen molar-refractivity contribution in [3.8, 4) is 22.5 Å². The molecule has 0 spiro atoms. The number of rotatable bonds is 7. The van der Waals surface area contributed by atoms with Crippen molar-refractivity contribution >= 4 is 22.6 Å². The molecule has 0 bridgehead atoms. The van der Waals surface area contributed by atoms with Crippen LogP contribution in [0.3, 0.4) is 0 Å². The van der Waals surface area contributed by atoms with Gasteiger partial charge in [-0.3, -0.25) is 9.78 Å². The molecule has 2 heterocycles. The van der Waals surface area contributed by atoms with Crippen LogP contribution in [0.2, 0.25) is 0 Å². The molecule has 5 rings (SSSR count). The molecule has 1 amide bonds. The van der Waals surface area contributed by atoms with Crippen molar-refractivity contribution in [3.05, 3.63) is 108 Å². The molecule has 3 aromatic carbocycles. The Balaban J connectivity index is 1.63. The highest BCUT2D eigenvalue weighted by molar-refractivity contribution is 6.02. The van der Waals surface area contributed by atoms with Gasteiger partial charge in [-0.15, -0.1) is 0 Å². The maximum absolute atomic E-state index is 12.6. The summed E-state index contributed by atoms with van der Waals surface area (Å²) in [6.07, 6.45) is 1.78. The van der Waals surface area contributed by atoms with Gasteiger partial charge in [-0.2, -0.15) is 0 Å². The van der Waals surface area contributed by atoms with Gasteiger partial charge in [-0.1, -0.05) is 60.7 Å². The Labute approximate surface area is 210 Å². The first-order chi connectivity index (χ1) is 17.6. The van der Waals surface area contributed by atoms with Crippen LogP contribution in [-0.4, -0.2) is 26.9 Å². The summed E-state index contributed by atoms with van der Waals surface area (Å²) < 4.78 is 0. The molecule has 36 heavy (non-hydrogen) atoms. The Bertz CT molecular complexity index is 1500. The summed E-state index contributed by atoms with van der Waals surface area (Å²) >= 11 is 0. The highest BCUT2D eigenvalue weighted by Gasteiger charge is 2.16. The average Bonchev–Trinajstić information content (AvgIpc) is 2.92. The lowest BCUT2D eigenvalue weighted by Crippen LogP contribution is -2.30. The van der Waals surface area contributed by atoms with E-state index in [-0.39, 0.29) is 11.9 Å². The van der Waals surface area contributed by atoms with Crippen LogP contribution in [0.1, 0.15) is 29.9 Å². The SMILES string of the molecule is CC(C)NC(=O)c1cccc(-c2nc(NCc3ccccn3)c3c(-c4ccccc4)cccc3n2)c1. The zero-order valence-corrected chi connectivity index (χ0v) is 20.3. The molecule has 0 aliphatic heterocycles. The van der Waals surface area contributed by atoms with Crippen LogP contribution in [0.25, 0.3) is 33.4 Å². The number of benzene rings is 3. The van der Waals surface area contributed by atoms with Gasteiger partial charge in [0.15, 0.2) is 5.82 Å². The molecular formula is C30H27N5O. The molecule has 6 nitrogen and oxygen atoms in total. The van der Waals surface area contributed by atoms with Crippen LogP contribution in [0.15, 0.2) is 97.2 Å². The fourth-order valence-corrected chi connectivity index (χ4v) is 4.12. The van der Waals surface area contributed by atoms with Crippen molar-refractivity contribution in [2.45, 2.75) is 26.4 Å². The third-order valence-corrected chi connectivity index (χ3v) is 5.77. The summed E-state index contributed by atoms with van der Waals surface area (Å²) in [5.74, 6) is 1.15. The van der Waals surface area contributed by atoms with Gasteiger partial charge in [0.25, 0.3) is 5.91 Å². The van der Waals surface area contributed by atoms with Crippen molar-refractivity contribution in [1.82, 2.24) is 20.3 Å². The van der Waals surface area contributed by atoms with Crippen molar-refractivity contribution in [1.29, 1.82) is 0 Å². The van der Waals surface area contributed by atoms with Crippen LogP contribution < -0.4 is 10.6 Å². The lowest BCUT2D eigenvalue weighted by Gasteiger charge is -2.15. The Morgan fingerprint density at radius 3 is 2.39 bits per heavy atom. The predicted molar refractivity (Wildman–Crippen MR) is 145 cm³/mol. The van der Waals surface area contributed by atoms with E-state index < -0.39 is 0 Å². The molecule has 0 radical (unpaired) electrons.